The third-order valence-corrected chi connectivity index (χ3v) is 5.66. The van der Waals surface area contributed by atoms with Crippen molar-refractivity contribution < 1.29 is 4.74 Å². The minimum absolute atomic E-state index is 0.221. The van der Waals surface area contributed by atoms with Gasteiger partial charge in [-0.15, -0.1) is 0 Å². The molecule has 3 aromatic heterocycles. The summed E-state index contributed by atoms with van der Waals surface area (Å²) in [5.74, 6) is 0. The molecule has 0 bridgehead atoms. The fourth-order valence-corrected chi connectivity index (χ4v) is 4.37. The molecule has 2 atom stereocenters. The van der Waals surface area contributed by atoms with Gasteiger partial charge in [0, 0.05) is 48.5 Å². The lowest BCUT2D eigenvalue weighted by atomic mass is 10.1. The number of benzene rings is 1. The highest BCUT2D eigenvalue weighted by molar-refractivity contribution is 5.86. The van der Waals surface area contributed by atoms with Gasteiger partial charge < -0.3 is 9.72 Å². The Labute approximate surface area is 180 Å². The molecule has 0 spiro atoms. The van der Waals surface area contributed by atoms with Gasteiger partial charge in [0.15, 0.2) is 0 Å². The van der Waals surface area contributed by atoms with Gasteiger partial charge in [-0.1, -0.05) is 12.1 Å². The summed E-state index contributed by atoms with van der Waals surface area (Å²) >= 11 is 0. The number of fused-ring (bicyclic) bond motifs is 1. The van der Waals surface area contributed by atoms with Crippen molar-refractivity contribution in [3.05, 3.63) is 70.8 Å². The number of rotatable bonds is 4. The summed E-state index contributed by atoms with van der Waals surface area (Å²) in [6, 6.07) is 14.0. The van der Waals surface area contributed by atoms with E-state index in [9.17, 15) is 4.79 Å². The van der Waals surface area contributed by atoms with Crippen LogP contribution in [0, 0.1) is 0 Å². The van der Waals surface area contributed by atoms with Gasteiger partial charge in [-0.2, -0.15) is 5.10 Å². The number of hydrogen-bond donors (Lipinski definition) is 2. The highest BCUT2D eigenvalue weighted by Gasteiger charge is 2.22. The van der Waals surface area contributed by atoms with E-state index in [4.69, 9.17) is 4.74 Å². The monoisotopic (exact) mass is 415 g/mol. The lowest BCUT2D eigenvalue weighted by Gasteiger charge is -2.35. The second kappa shape index (κ2) is 8.09. The quantitative estimate of drug-likeness (QED) is 0.532. The van der Waals surface area contributed by atoms with Crippen molar-refractivity contribution in [2.24, 2.45) is 0 Å². The second-order valence-electron chi connectivity index (χ2n) is 8.29. The number of hydrogen-bond acceptors (Lipinski definition) is 5. The van der Waals surface area contributed by atoms with E-state index in [1.807, 2.05) is 24.3 Å². The van der Waals surface area contributed by atoms with E-state index in [2.05, 4.69) is 57.1 Å². The first-order valence-corrected chi connectivity index (χ1v) is 10.5. The molecule has 4 aromatic rings. The molecule has 1 saturated heterocycles. The van der Waals surface area contributed by atoms with Crippen molar-refractivity contribution in [1.29, 1.82) is 0 Å². The molecule has 7 heteroatoms. The number of pyridine rings is 1. The minimum Gasteiger partial charge on any atom is -0.373 e. The van der Waals surface area contributed by atoms with E-state index >= 15 is 0 Å². The van der Waals surface area contributed by atoms with Crippen LogP contribution in [0.5, 0.6) is 0 Å². The SMILES string of the molecule is CC1CN(Cc2ccc3cc(-c4cc(-c5ccncc5)n[nH]c4=O)[nH]c3c2)CC(C)O1. The van der Waals surface area contributed by atoms with E-state index in [0.29, 0.717) is 11.3 Å². The van der Waals surface area contributed by atoms with Gasteiger partial charge >= 0.3 is 0 Å². The van der Waals surface area contributed by atoms with E-state index in [1.165, 1.54) is 5.56 Å². The Balaban J connectivity index is 1.45. The van der Waals surface area contributed by atoms with Gasteiger partial charge in [0.05, 0.1) is 29.2 Å². The van der Waals surface area contributed by atoms with Crippen molar-refractivity contribution in [2.45, 2.75) is 32.6 Å². The smallest absolute Gasteiger partial charge is 0.273 e. The molecule has 1 aromatic carbocycles. The number of aromatic nitrogens is 4. The fourth-order valence-electron chi connectivity index (χ4n) is 4.37. The first-order valence-electron chi connectivity index (χ1n) is 10.5. The average molecular weight is 415 g/mol. The number of H-pyrrole nitrogens is 2. The molecule has 7 nitrogen and oxygen atoms in total. The van der Waals surface area contributed by atoms with Gasteiger partial charge in [0.2, 0.25) is 0 Å². The summed E-state index contributed by atoms with van der Waals surface area (Å²) in [6.45, 7) is 6.99. The summed E-state index contributed by atoms with van der Waals surface area (Å²) in [5.41, 5.74) is 4.98. The van der Waals surface area contributed by atoms with Crippen LogP contribution in [0.3, 0.4) is 0 Å². The highest BCUT2D eigenvalue weighted by Crippen LogP contribution is 2.26. The Morgan fingerprint density at radius 3 is 2.61 bits per heavy atom. The molecule has 1 aliphatic heterocycles. The van der Waals surface area contributed by atoms with Crippen molar-refractivity contribution in [1.82, 2.24) is 25.1 Å². The molecule has 5 rings (SSSR count). The lowest BCUT2D eigenvalue weighted by Crippen LogP contribution is -2.44. The molecule has 1 aliphatic rings. The van der Waals surface area contributed by atoms with Crippen molar-refractivity contribution in [2.75, 3.05) is 13.1 Å². The summed E-state index contributed by atoms with van der Waals surface area (Å²) in [7, 11) is 0. The zero-order valence-corrected chi connectivity index (χ0v) is 17.6. The Morgan fingerprint density at radius 1 is 1.06 bits per heavy atom. The maximum absolute atomic E-state index is 12.5. The molecule has 0 radical (unpaired) electrons. The molecule has 0 aliphatic carbocycles. The third kappa shape index (κ3) is 4.15. The first-order chi connectivity index (χ1) is 15.0. The Bertz CT molecular complexity index is 1250. The van der Waals surface area contributed by atoms with Crippen LogP contribution in [0.15, 0.2) is 59.7 Å². The molecule has 0 saturated carbocycles. The zero-order chi connectivity index (χ0) is 21.4. The van der Waals surface area contributed by atoms with E-state index in [0.717, 1.165) is 41.8 Å². The minimum atomic E-state index is -0.221. The van der Waals surface area contributed by atoms with Gasteiger partial charge in [-0.3, -0.25) is 14.7 Å². The first kappa shape index (κ1) is 19.7. The van der Waals surface area contributed by atoms with Gasteiger partial charge in [-0.25, -0.2) is 5.10 Å². The zero-order valence-electron chi connectivity index (χ0n) is 17.6. The van der Waals surface area contributed by atoms with Crippen molar-refractivity contribution in [3.63, 3.8) is 0 Å². The van der Waals surface area contributed by atoms with Gasteiger partial charge in [-0.05, 0) is 49.7 Å². The maximum Gasteiger partial charge on any atom is 0.273 e. The lowest BCUT2D eigenvalue weighted by molar-refractivity contribution is -0.0704. The van der Waals surface area contributed by atoms with Gasteiger partial charge in [0.1, 0.15) is 0 Å². The number of ether oxygens (including phenoxy) is 1. The molecule has 31 heavy (non-hydrogen) atoms. The second-order valence-corrected chi connectivity index (χ2v) is 8.29. The Kier molecular flexibility index (Phi) is 5.13. The number of aromatic amines is 2. The number of nitrogens with one attached hydrogen (secondary N) is 2. The predicted octanol–water partition coefficient (Wildman–Crippen LogP) is 3.59. The Morgan fingerprint density at radius 2 is 1.84 bits per heavy atom. The number of nitrogens with zero attached hydrogens (tertiary/aromatic N) is 3. The normalized spacial score (nSPS) is 19.7. The summed E-state index contributed by atoms with van der Waals surface area (Å²) < 4.78 is 5.84. The molecule has 158 valence electrons. The average Bonchev–Trinajstić information content (AvgIpc) is 3.17. The molecule has 4 heterocycles. The molecule has 0 amide bonds. The van der Waals surface area contributed by atoms with Crippen LogP contribution in [0.2, 0.25) is 0 Å². The van der Waals surface area contributed by atoms with Crippen LogP contribution in [0.1, 0.15) is 19.4 Å². The molecule has 2 N–H and O–H groups in total. The van der Waals surface area contributed by atoms with Crippen LogP contribution in [0.4, 0.5) is 0 Å². The van der Waals surface area contributed by atoms with Crippen LogP contribution in [0.25, 0.3) is 33.4 Å². The maximum atomic E-state index is 12.5. The molecular weight excluding hydrogens is 390 g/mol. The number of morpholine rings is 1. The van der Waals surface area contributed by atoms with Crippen LogP contribution in [-0.2, 0) is 11.3 Å². The van der Waals surface area contributed by atoms with Crippen LogP contribution >= 0.6 is 0 Å². The van der Waals surface area contributed by atoms with E-state index in [-0.39, 0.29) is 17.8 Å². The summed E-state index contributed by atoms with van der Waals surface area (Å²) in [4.78, 5) is 22.4. The Hall–Kier alpha value is -3.29. The molecule has 2 unspecified atom stereocenters. The topological polar surface area (TPSA) is 86.9 Å². The van der Waals surface area contributed by atoms with Gasteiger partial charge in [0.25, 0.3) is 5.56 Å². The standard InChI is InChI=1S/C24H25N5O2/c1-15-12-29(13-16(2)31-15)14-17-3-4-19-10-23(26-21(19)9-17)20-11-22(27-28-24(20)30)18-5-7-25-8-6-18/h3-11,15-16,26H,12-14H2,1-2H3,(H,28,30). The third-order valence-electron chi connectivity index (χ3n) is 5.66. The van der Waals surface area contributed by atoms with Crippen molar-refractivity contribution >= 4 is 10.9 Å². The van der Waals surface area contributed by atoms with Crippen LogP contribution < -0.4 is 5.56 Å². The van der Waals surface area contributed by atoms with E-state index in [1.54, 1.807) is 12.4 Å². The predicted molar refractivity (Wildman–Crippen MR) is 121 cm³/mol. The summed E-state index contributed by atoms with van der Waals surface area (Å²) in [6.07, 6.45) is 3.92. The molecular formula is C24H25N5O2. The largest absolute Gasteiger partial charge is 0.373 e. The van der Waals surface area contributed by atoms with Crippen molar-refractivity contribution in [3.8, 4) is 22.5 Å². The molecule has 1 fully saturated rings. The summed E-state index contributed by atoms with van der Waals surface area (Å²) in [5, 5.41) is 7.88. The van der Waals surface area contributed by atoms with E-state index < -0.39 is 0 Å². The van der Waals surface area contributed by atoms with Crippen LogP contribution in [-0.4, -0.2) is 50.4 Å². The highest BCUT2D eigenvalue weighted by atomic mass is 16.5. The fraction of sp³-hybridized carbons (Fsp3) is 0.292.